The zero-order valence-electron chi connectivity index (χ0n) is 11.9. The maximum atomic E-state index is 12.5. The first-order valence-electron chi connectivity index (χ1n) is 6.59. The smallest absolute Gasteiger partial charge is 0.268 e. The van der Waals surface area contributed by atoms with Crippen molar-refractivity contribution in [3.05, 3.63) is 52.4 Å². The Bertz CT molecular complexity index is 620. The first-order valence-corrected chi connectivity index (χ1v) is 7.85. The lowest BCUT2D eigenvalue weighted by Gasteiger charge is -2.12. The van der Waals surface area contributed by atoms with Gasteiger partial charge in [0.25, 0.3) is 11.8 Å². The van der Waals surface area contributed by atoms with E-state index in [0.29, 0.717) is 21.1 Å². The van der Waals surface area contributed by atoms with E-state index >= 15 is 0 Å². The van der Waals surface area contributed by atoms with E-state index in [1.54, 1.807) is 30.3 Å². The SMILES string of the molecule is C=CCN1C(=O)C(SC(C)C)=C(c2ccc(Cl)cc2)C1=O. The van der Waals surface area contributed by atoms with Gasteiger partial charge in [-0.3, -0.25) is 14.5 Å². The summed E-state index contributed by atoms with van der Waals surface area (Å²) in [6.07, 6.45) is 1.55. The van der Waals surface area contributed by atoms with Crippen LogP contribution in [0.25, 0.3) is 5.57 Å². The Balaban J connectivity index is 2.51. The molecule has 3 nitrogen and oxygen atoms in total. The number of nitrogens with zero attached hydrogens (tertiary/aromatic N) is 1. The number of amides is 2. The molecule has 0 radical (unpaired) electrons. The first-order chi connectivity index (χ1) is 9.95. The van der Waals surface area contributed by atoms with E-state index in [4.69, 9.17) is 11.6 Å². The molecule has 1 aromatic rings. The van der Waals surface area contributed by atoms with Gasteiger partial charge >= 0.3 is 0 Å². The van der Waals surface area contributed by atoms with Crippen LogP contribution < -0.4 is 0 Å². The molecule has 0 saturated heterocycles. The maximum Gasteiger partial charge on any atom is 0.268 e. The van der Waals surface area contributed by atoms with E-state index in [1.165, 1.54) is 16.7 Å². The van der Waals surface area contributed by atoms with E-state index < -0.39 is 0 Å². The fourth-order valence-electron chi connectivity index (χ4n) is 2.06. The van der Waals surface area contributed by atoms with E-state index in [9.17, 15) is 9.59 Å². The van der Waals surface area contributed by atoms with Gasteiger partial charge in [0.15, 0.2) is 0 Å². The second kappa shape index (κ2) is 6.50. The highest BCUT2D eigenvalue weighted by Crippen LogP contribution is 2.37. The molecule has 1 heterocycles. The normalized spacial score (nSPS) is 15.3. The van der Waals surface area contributed by atoms with Gasteiger partial charge in [-0.1, -0.05) is 43.7 Å². The Hall–Kier alpha value is -1.52. The minimum atomic E-state index is -0.273. The average molecular weight is 322 g/mol. The monoisotopic (exact) mass is 321 g/mol. The third-order valence-electron chi connectivity index (χ3n) is 2.92. The highest BCUT2D eigenvalue weighted by atomic mass is 35.5. The molecule has 110 valence electrons. The van der Waals surface area contributed by atoms with E-state index in [-0.39, 0.29) is 23.6 Å². The topological polar surface area (TPSA) is 37.4 Å². The number of benzene rings is 1. The van der Waals surface area contributed by atoms with E-state index in [0.717, 1.165) is 0 Å². The largest absolute Gasteiger partial charge is 0.270 e. The standard InChI is InChI=1S/C16H16ClNO2S/c1-4-9-18-15(19)13(11-5-7-12(17)8-6-11)14(16(18)20)21-10(2)3/h4-8,10H,1,9H2,2-3H3. The van der Waals surface area contributed by atoms with Crippen molar-refractivity contribution in [1.82, 2.24) is 4.90 Å². The summed E-state index contributed by atoms with van der Waals surface area (Å²) >= 11 is 7.30. The summed E-state index contributed by atoms with van der Waals surface area (Å²) in [6.45, 7) is 7.80. The third-order valence-corrected chi connectivity index (χ3v) is 4.26. The summed E-state index contributed by atoms with van der Waals surface area (Å²) in [7, 11) is 0. The van der Waals surface area contributed by atoms with Gasteiger partial charge in [-0.15, -0.1) is 18.3 Å². The molecule has 0 saturated carbocycles. The Labute approximate surface area is 133 Å². The number of carbonyl (C=O) groups excluding carboxylic acids is 2. The molecule has 21 heavy (non-hydrogen) atoms. The Morgan fingerprint density at radius 1 is 1.24 bits per heavy atom. The van der Waals surface area contributed by atoms with E-state index in [2.05, 4.69) is 6.58 Å². The third kappa shape index (κ3) is 3.22. The maximum absolute atomic E-state index is 12.5. The number of hydrogen-bond donors (Lipinski definition) is 0. The predicted octanol–water partition coefficient (Wildman–Crippen LogP) is 3.75. The molecule has 0 N–H and O–H groups in total. The van der Waals surface area contributed by atoms with E-state index in [1.807, 2.05) is 13.8 Å². The van der Waals surface area contributed by atoms with Crippen LogP contribution in [-0.2, 0) is 9.59 Å². The summed E-state index contributed by atoms with van der Waals surface area (Å²) in [4.78, 5) is 26.7. The van der Waals surface area contributed by atoms with Crippen LogP contribution in [0.2, 0.25) is 5.02 Å². The molecular formula is C16H16ClNO2S. The summed E-state index contributed by atoms with van der Waals surface area (Å²) < 4.78 is 0. The fourth-order valence-corrected chi connectivity index (χ4v) is 3.20. The van der Waals surface area contributed by atoms with Gasteiger partial charge in [-0.05, 0) is 17.7 Å². The quantitative estimate of drug-likeness (QED) is 0.612. The van der Waals surface area contributed by atoms with Crippen molar-refractivity contribution in [2.75, 3.05) is 6.54 Å². The van der Waals surface area contributed by atoms with Crippen molar-refractivity contribution in [1.29, 1.82) is 0 Å². The lowest BCUT2D eigenvalue weighted by molar-refractivity contribution is -0.135. The number of thioether (sulfide) groups is 1. The fraction of sp³-hybridized carbons (Fsp3) is 0.250. The summed E-state index contributed by atoms with van der Waals surface area (Å²) in [5.41, 5.74) is 1.17. The summed E-state index contributed by atoms with van der Waals surface area (Å²) in [6, 6.07) is 6.97. The zero-order chi connectivity index (χ0) is 15.6. The van der Waals surface area contributed by atoms with Gasteiger partial charge in [-0.25, -0.2) is 0 Å². The van der Waals surface area contributed by atoms with Gasteiger partial charge in [0, 0.05) is 16.8 Å². The van der Waals surface area contributed by atoms with Gasteiger partial charge < -0.3 is 0 Å². The van der Waals surface area contributed by atoms with Crippen molar-refractivity contribution in [3.8, 4) is 0 Å². The molecule has 1 aliphatic rings. The van der Waals surface area contributed by atoms with Gasteiger partial charge in [0.1, 0.15) is 0 Å². The number of rotatable bonds is 5. The number of hydrogen-bond acceptors (Lipinski definition) is 3. The molecule has 1 aromatic carbocycles. The van der Waals surface area contributed by atoms with Crippen LogP contribution in [0.15, 0.2) is 41.8 Å². The molecule has 1 aliphatic heterocycles. The number of halogens is 1. The summed E-state index contributed by atoms with van der Waals surface area (Å²) in [5.74, 6) is -0.520. The minimum absolute atomic E-state index is 0.211. The van der Waals surface area contributed by atoms with Crippen LogP contribution in [0.5, 0.6) is 0 Å². The van der Waals surface area contributed by atoms with Crippen molar-refractivity contribution in [2.24, 2.45) is 0 Å². The minimum Gasteiger partial charge on any atom is -0.270 e. The van der Waals surface area contributed by atoms with Gasteiger partial charge in [0.05, 0.1) is 10.5 Å². The van der Waals surface area contributed by atoms with Crippen LogP contribution in [0.1, 0.15) is 19.4 Å². The molecule has 0 bridgehead atoms. The van der Waals surface area contributed by atoms with Crippen LogP contribution in [0, 0.1) is 0 Å². The van der Waals surface area contributed by atoms with Crippen LogP contribution >= 0.6 is 23.4 Å². The second-order valence-electron chi connectivity index (χ2n) is 4.89. The molecule has 0 aliphatic carbocycles. The van der Waals surface area contributed by atoms with Crippen molar-refractivity contribution in [2.45, 2.75) is 19.1 Å². The van der Waals surface area contributed by atoms with Crippen LogP contribution in [-0.4, -0.2) is 28.5 Å². The molecule has 2 amide bonds. The molecular weight excluding hydrogens is 306 g/mol. The average Bonchev–Trinajstić information content (AvgIpc) is 2.65. The highest BCUT2D eigenvalue weighted by molar-refractivity contribution is 8.04. The number of imide groups is 1. The van der Waals surface area contributed by atoms with Crippen molar-refractivity contribution >= 4 is 40.8 Å². The van der Waals surface area contributed by atoms with Crippen molar-refractivity contribution in [3.63, 3.8) is 0 Å². The van der Waals surface area contributed by atoms with Gasteiger partial charge in [0.2, 0.25) is 0 Å². The Kier molecular flexibility index (Phi) is 4.91. The molecule has 2 rings (SSSR count). The van der Waals surface area contributed by atoms with Crippen LogP contribution in [0.4, 0.5) is 0 Å². The molecule has 0 fully saturated rings. The predicted molar refractivity (Wildman–Crippen MR) is 88.0 cm³/mol. The zero-order valence-corrected chi connectivity index (χ0v) is 13.5. The molecule has 0 unspecified atom stereocenters. The summed E-state index contributed by atoms with van der Waals surface area (Å²) in [5, 5.41) is 0.805. The lowest BCUT2D eigenvalue weighted by Crippen LogP contribution is -2.31. The molecule has 0 spiro atoms. The molecule has 5 heteroatoms. The Morgan fingerprint density at radius 3 is 2.38 bits per heavy atom. The lowest BCUT2D eigenvalue weighted by atomic mass is 10.1. The second-order valence-corrected chi connectivity index (χ2v) is 6.91. The van der Waals surface area contributed by atoms with Crippen LogP contribution in [0.3, 0.4) is 0 Å². The van der Waals surface area contributed by atoms with Gasteiger partial charge in [-0.2, -0.15) is 0 Å². The number of carbonyl (C=O) groups is 2. The molecule has 0 atom stereocenters. The highest BCUT2D eigenvalue weighted by Gasteiger charge is 2.38. The Morgan fingerprint density at radius 2 is 1.86 bits per heavy atom. The molecule has 0 aromatic heterocycles. The first kappa shape index (κ1) is 15.9. The van der Waals surface area contributed by atoms with Crippen molar-refractivity contribution < 1.29 is 9.59 Å².